The summed E-state index contributed by atoms with van der Waals surface area (Å²) in [6.07, 6.45) is 5.82. The molecular formula is C15H24N4S. The summed E-state index contributed by atoms with van der Waals surface area (Å²) >= 11 is 1.79. The molecule has 0 aliphatic carbocycles. The molecule has 2 rings (SSSR count). The first-order valence-corrected chi connectivity index (χ1v) is 7.87. The lowest BCUT2D eigenvalue weighted by Gasteiger charge is -2.21. The molecular weight excluding hydrogens is 268 g/mol. The van der Waals surface area contributed by atoms with Crippen LogP contribution in [0.2, 0.25) is 0 Å². The van der Waals surface area contributed by atoms with Gasteiger partial charge >= 0.3 is 0 Å². The molecule has 0 radical (unpaired) electrons. The van der Waals surface area contributed by atoms with E-state index in [1.54, 1.807) is 11.3 Å². The zero-order chi connectivity index (χ0) is 14.8. The highest BCUT2D eigenvalue weighted by Crippen LogP contribution is 2.26. The molecule has 0 amide bonds. The van der Waals surface area contributed by atoms with Crippen molar-refractivity contribution in [3.63, 3.8) is 0 Å². The van der Waals surface area contributed by atoms with Crippen LogP contribution in [0.25, 0.3) is 0 Å². The van der Waals surface area contributed by atoms with E-state index in [1.165, 1.54) is 9.88 Å². The zero-order valence-corrected chi connectivity index (χ0v) is 13.7. The first kappa shape index (κ1) is 15.2. The fourth-order valence-electron chi connectivity index (χ4n) is 1.92. The van der Waals surface area contributed by atoms with Crippen molar-refractivity contribution in [2.24, 2.45) is 0 Å². The predicted molar refractivity (Wildman–Crippen MR) is 84.1 cm³/mol. The largest absolute Gasteiger partial charge is 0.307 e. The van der Waals surface area contributed by atoms with Crippen molar-refractivity contribution in [3.8, 4) is 0 Å². The molecule has 0 aromatic carbocycles. The zero-order valence-electron chi connectivity index (χ0n) is 12.9. The Hall–Kier alpha value is -1.20. The van der Waals surface area contributed by atoms with E-state index in [0.29, 0.717) is 12.1 Å². The van der Waals surface area contributed by atoms with Gasteiger partial charge < -0.3 is 5.32 Å². The van der Waals surface area contributed by atoms with E-state index in [4.69, 9.17) is 0 Å². The van der Waals surface area contributed by atoms with Crippen molar-refractivity contribution in [1.29, 1.82) is 0 Å². The van der Waals surface area contributed by atoms with Crippen LogP contribution in [0.1, 0.15) is 50.5 Å². The van der Waals surface area contributed by atoms with E-state index in [0.717, 1.165) is 6.54 Å². The maximum Gasteiger partial charge on any atom is 0.0981 e. The van der Waals surface area contributed by atoms with Crippen LogP contribution in [-0.2, 0) is 12.0 Å². The smallest absolute Gasteiger partial charge is 0.0981 e. The van der Waals surface area contributed by atoms with Crippen molar-refractivity contribution in [1.82, 2.24) is 20.1 Å². The van der Waals surface area contributed by atoms with Gasteiger partial charge in [0.05, 0.1) is 11.0 Å². The minimum Gasteiger partial charge on any atom is -0.307 e. The minimum absolute atomic E-state index is 0.136. The Morgan fingerprint density at radius 3 is 2.65 bits per heavy atom. The average molecular weight is 292 g/mol. The third-order valence-corrected chi connectivity index (χ3v) is 4.88. The number of hydrogen-bond acceptors (Lipinski definition) is 4. The van der Waals surface area contributed by atoms with Crippen LogP contribution < -0.4 is 5.32 Å². The Morgan fingerprint density at radius 2 is 2.10 bits per heavy atom. The van der Waals surface area contributed by atoms with Gasteiger partial charge in [0.15, 0.2) is 0 Å². The first-order valence-electron chi connectivity index (χ1n) is 7.05. The quantitative estimate of drug-likeness (QED) is 0.918. The summed E-state index contributed by atoms with van der Waals surface area (Å²) in [5, 5.41) is 9.05. The van der Waals surface area contributed by atoms with Crippen molar-refractivity contribution in [3.05, 3.63) is 34.5 Å². The fourth-order valence-corrected chi connectivity index (χ4v) is 2.84. The molecule has 110 valence electrons. The molecule has 0 bridgehead atoms. The second-order valence-corrected chi connectivity index (χ2v) is 7.39. The predicted octanol–water partition coefficient (Wildman–Crippen LogP) is 3.38. The van der Waals surface area contributed by atoms with Crippen molar-refractivity contribution in [2.45, 2.75) is 58.7 Å². The molecule has 20 heavy (non-hydrogen) atoms. The molecule has 0 aliphatic rings. The standard InChI is InChI=1S/C15H24N4S/c1-11(12(2)19-8-6-7-18-19)16-9-13-10-17-14(20-13)15(3,4)5/h6-8,10-12,16H,9H2,1-5H3/t11-,12+/m1/s1. The SMILES string of the molecule is C[C@@H](NCc1cnc(C(C)(C)C)s1)[C@H](C)n1cccn1. The molecule has 2 aromatic rings. The number of nitrogens with zero attached hydrogens (tertiary/aromatic N) is 3. The van der Waals surface area contributed by atoms with Crippen LogP contribution in [0.4, 0.5) is 0 Å². The molecule has 5 heteroatoms. The highest BCUT2D eigenvalue weighted by atomic mass is 32.1. The molecule has 0 spiro atoms. The van der Waals surface area contributed by atoms with Gasteiger partial charge in [-0.15, -0.1) is 11.3 Å². The second-order valence-electron chi connectivity index (χ2n) is 6.28. The van der Waals surface area contributed by atoms with Crippen molar-refractivity contribution in [2.75, 3.05) is 0 Å². The highest BCUT2D eigenvalue weighted by Gasteiger charge is 2.19. The Kier molecular flexibility index (Phi) is 4.60. The van der Waals surface area contributed by atoms with Gasteiger partial charge in [0.1, 0.15) is 0 Å². The third kappa shape index (κ3) is 3.67. The van der Waals surface area contributed by atoms with Gasteiger partial charge in [-0.1, -0.05) is 20.8 Å². The molecule has 0 saturated carbocycles. The summed E-state index contributed by atoms with van der Waals surface area (Å²) in [5.74, 6) is 0. The fraction of sp³-hybridized carbons (Fsp3) is 0.600. The lowest BCUT2D eigenvalue weighted by molar-refractivity contribution is 0.366. The average Bonchev–Trinajstić information content (AvgIpc) is 3.04. The van der Waals surface area contributed by atoms with E-state index in [9.17, 15) is 0 Å². The monoisotopic (exact) mass is 292 g/mol. The van der Waals surface area contributed by atoms with Crippen molar-refractivity contribution < 1.29 is 0 Å². The van der Waals surface area contributed by atoms with Crippen LogP contribution in [0, 0.1) is 0 Å². The second kappa shape index (κ2) is 6.06. The van der Waals surface area contributed by atoms with Gasteiger partial charge in [-0.3, -0.25) is 4.68 Å². The molecule has 0 aliphatic heterocycles. The number of hydrogen-bond donors (Lipinski definition) is 1. The van der Waals surface area contributed by atoms with Gasteiger partial charge in [0.2, 0.25) is 0 Å². The van der Waals surface area contributed by atoms with Crippen LogP contribution >= 0.6 is 11.3 Å². The van der Waals surface area contributed by atoms with Gasteiger partial charge in [0.25, 0.3) is 0 Å². The lowest BCUT2D eigenvalue weighted by Crippen LogP contribution is -2.33. The number of nitrogens with one attached hydrogen (secondary N) is 1. The summed E-state index contributed by atoms with van der Waals surface area (Å²) in [5.41, 5.74) is 0.136. The molecule has 0 saturated heterocycles. The number of aromatic nitrogens is 3. The molecule has 2 heterocycles. The van der Waals surface area contributed by atoms with E-state index in [-0.39, 0.29) is 5.41 Å². The van der Waals surface area contributed by atoms with E-state index < -0.39 is 0 Å². The summed E-state index contributed by atoms with van der Waals surface area (Å²) in [4.78, 5) is 5.81. The van der Waals surface area contributed by atoms with Gasteiger partial charge in [0, 0.05) is 41.5 Å². The minimum atomic E-state index is 0.136. The lowest BCUT2D eigenvalue weighted by atomic mass is 9.98. The molecule has 2 aromatic heterocycles. The van der Waals surface area contributed by atoms with E-state index >= 15 is 0 Å². The number of rotatable bonds is 5. The Balaban J connectivity index is 1.90. The Bertz CT molecular complexity index is 524. The molecule has 1 N–H and O–H groups in total. The van der Waals surface area contributed by atoms with Gasteiger partial charge in [-0.05, 0) is 19.9 Å². The molecule has 4 nitrogen and oxygen atoms in total. The van der Waals surface area contributed by atoms with Crippen molar-refractivity contribution >= 4 is 11.3 Å². The topological polar surface area (TPSA) is 42.7 Å². The number of thiazole rings is 1. The summed E-state index contributed by atoms with van der Waals surface area (Å²) in [6.45, 7) is 11.8. The molecule has 0 fully saturated rings. The van der Waals surface area contributed by atoms with Crippen LogP contribution in [0.5, 0.6) is 0 Å². The van der Waals surface area contributed by atoms with E-state index in [1.807, 2.05) is 29.3 Å². The van der Waals surface area contributed by atoms with Gasteiger partial charge in [-0.25, -0.2) is 4.98 Å². The normalized spacial score (nSPS) is 15.2. The summed E-state index contributed by atoms with van der Waals surface area (Å²) in [7, 11) is 0. The van der Waals surface area contributed by atoms with Gasteiger partial charge in [-0.2, -0.15) is 5.10 Å². The Morgan fingerprint density at radius 1 is 1.35 bits per heavy atom. The first-order chi connectivity index (χ1) is 9.38. The maximum atomic E-state index is 4.52. The Labute approximate surface area is 125 Å². The third-order valence-electron chi connectivity index (χ3n) is 3.46. The molecule has 0 unspecified atom stereocenters. The summed E-state index contributed by atoms with van der Waals surface area (Å²) < 4.78 is 1.99. The van der Waals surface area contributed by atoms with Crippen LogP contribution in [0.3, 0.4) is 0 Å². The van der Waals surface area contributed by atoms with Crippen LogP contribution in [0.15, 0.2) is 24.7 Å². The maximum absolute atomic E-state index is 4.52. The van der Waals surface area contributed by atoms with E-state index in [2.05, 4.69) is 50.0 Å². The highest BCUT2D eigenvalue weighted by molar-refractivity contribution is 7.11. The summed E-state index contributed by atoms with van der Waals surface area (Å²) in [6, 6.07) is 2.65. The van der Waals surface area contributed by atoms with Crippen LogP contribution in [-0.4, -0.2) is 20.8 Å². The molecule has 2 atom stereocenters.